The van der Waals surface area contributed by atoms with Crippen molar-refractivity contribution in [3.05, 3.63) is 65.5 Å². The molecule has 2 aromatic carbocycles. The van der Waals surface area contributed by atoms with Crippen LogP contribution in [0, 0.1) is 20.8 Å². The molecule has 0 spiro atoms. The SMILES string of the molecule is Cc1cc(C)nc(Sc2nnc(-c3ccc(C)c(S(=O)(=O)N(C)C(C)C)c3)c3ccccc23)n1. The van der Waals surface area contributed by atoms with E-state index in [1.807, 2.05) is 70.2 Å². The molecule has 0 N–H and O–H groups in total. The second kappa shape index (κ2) is 9.40. The number of sulfonamides is 1. The molecule has 0 amide bonds. The van der Waals surface area contributed by atoms with Gasteiger partial charge in [-0.2, -0.15) is 4.31 Å². The van der Waals surface area contributed by atoms with Crippen LogP contribution in [0.25, 0.3) is 22.0 Å². The summed E-state index contributed by atoms with van der Waals surface area (Å²) in [4.78, 5) is 9.29. The molecule has 0 aliphatic heterocycles. The number of rotatable bonds is 6. The van der Waals surface area contributed by atoms with Crippen molar-refractivity contribution in [1.29, 1.82) is 0 Å². The lowest BCUT2D eigenvalue weighted by Gasteiger charge is -2.22. The number of benzene rings is 2. The first-order valence-electron chi connectivity index (χ1n) is 10.9. The van der Waals surface area contributed by atoms with Crippen LogP contribution in [0.2, 0.25) is 0 Å². The maximum atomic E-state index is 13.2. The van der Waals surface area contributed by atoms with Crippen LogP contribution in [0.3, 0.4) is 0 Å². The van der Waals surface area contributed by atoms with E-state index in [9.17, 15) is 8.42 Å². The normalized spacial score (nSPS) is 12.1. The number of fused-ring (bicyclic) bond motifs is 1. The van der Waals surface area contributed by atoms with Crippen molar-refractivity contribution >= 4 is 32.6 Å². The minimum absolute atomic E-state index is 0.155. The summed E-state index contributed by atoms with van der Waals surface area (Å²) in [6.45, 7) is 9.38. The highest BCUT2D eigenvalue weighted by Crippen LogP contribution is 2.35. The van der Waals surface area contributed by atoms with Crippen LogP contribution in [0.4, 0.5) is 0 Å². The lowest BCUT2D eigenvalue weighted by molar-refractivity contribution is 0.410. The number of aryl methyl sites for hydroxylation is 3. The van der Waals surface area contributed by atoms with E-state index in [1.165, 1.54) is 16.1 Å². The molecule has 0 atom stereocenters. The van der Waals surface area contributed by atoms with Crippen LogP contribution >= 0.6 is 11.8 Å². The Balaban J connectivity index is 1.83. The molecule has 0 unspecified atom stereocenters. The first-order chi connectivity index (χ1) is 16.1. The molecule has 0 aliphatic carbocycles. The summed E-state index contributed by atoms with van der Waals surface area (Å²) < 4.78 is 27.8. The Hall–Kier alpha value is -2.88. The third-order valence-electron chi connectivity index (χ3n) is 5.65. The summed E-state index contributed by atoms with van der Waals surface area (Å²) in [5.74, 6) is 0. The molecular formula is C25H27N5O2S2. The van der Waals surface area contributed by atoms with Crippen LogP contribution < -0.4 is 0 Å². The van der Waals surface area contributed by atoms with Crippen molar-refractivity contribution in [1.82, 2.24) is 24.5 Å². The molecular weight excluding hydrogens is 466 g/mol. The fourth-order valence-corrected chi connectivity index (χ4v) is 6.19. The van der Waals surface area contributed by atoms with Gasteiger partial charge in [0, 0.05) is 40.8 Å². The predicted octanol–water partition coefficient (Wildman–Crippen LogP) is 5.19. The van der Waals surface area contributed by atoms with Gasteiger partial charge in [-0.15, -0.1) is 10.2 Å². The van der Waals surface area contributed by atoms with Crippen molar-refractivity contribution in [3.8, 4) is 11.3 Å². The van der Waals surface area contributed by atoms with Crippen molar-refractivity contribution < 1.29 is 8.42 Å². The standard InChI is InChI=1S/C25H27N5O2S2/c1-15(2)30(6)34(31,32)22-14-19(12-11-16(22)3)23-20-9-7-8-10-21(20)24(29-28-23)33-25-26-17(4)13-18(5)27-25/h7-15H,1-6H3. The molecule has 176 valence electrons. The Bertz CT molecular complexity index is 1470. The van der Waals surface area contributed by atoms with Gasteiger partial charge in [-0.1, -0.05) is 36.4 Å². The fourth-order valence-electron chi connectivity index (χ4n) is 3.65. The lowest BCUT2D eigenvalue weighted by atomic mass is 10.0. The monoisotopic (exact) mass is 493 g/mol. The van der Waals surface area contributed by atoms with Crippen LogP contribution in [0.15, 0.2) is 63.6 Å². The first-order valence-corrected chi connectivity index (χ1v) is 13.2. The number of hydrogen-bond acceptors (Lipinski definition) is 7. The van der Waals surface area contributed by atoms with Crippen LogP contribution in [0.1, 0.15) is 30.8 Å². The van der Waals surface area contributed by atoms with E-state index in [1.54, 1.807) is 20.0 Å². The molecule has 0 fully saturated rings. The van der Waals surface area contributed by atoms with Crippen molar-refractivity contribution in [2.45, 2.75) is 55.7 Å². The molecule has 4 rings (SSSR count). The van der Waals surface area contributed by atoms with E-state index < -0.39 is 10.0 Å². The topological polar surface area (TPSA) is 88.9 Å². The number of hydrogen-bond donors (Lipinski definition) is 0. The first kappa shape index (κ1) is 24.3. The third kappa shape index (κ3) is 4.68. The average Bonchev–Trinajstić information content (AvgIpc) is 2.78. The minimum Gasteiger partial charge on any atom is -0.228 e. The quantitative estimate of drug-likeness (QED) is 0.341. The molecule has 0 saturated heterocycles. The Morgan fingerprint density at radius 3 is 2.18 bits per heavy atom. The second-order valence-electron chi connectivity index (χ2n) is 8.53. The van der Waals surface area contributed by atoms with E-state index >= 15 is 0 Å². The van der Waals surface area contributed by atoms with Crippen molar-refractivity contribution in [2.75, 3.05) is 7.05 Å². The van der Waals surface area contributed by atoms with Gasteiger partial charge in [-0.05, 0) is 64.1 Å². The highest BCUT2D eigenvalue weighted by atomic mass is 32.2. The highest BCUT2D eigenvalue weighted by Gasteiger charge is 2.26. The summed E-state index contributed by atoms with van der Waals surface area (Å²) in [5, 5.41) is 12.1. The summed E-state index contributed by atoms with van der Waals surface area (Å²) >= 11 is 1.37. The van der Waals surface area contributed by atoms with Gasteiger partial charge in [0.1, 0.15) is 10.7 Å². The third-order valence-corrected chi connectivity index (χ3v) is 8.68. The summed E-state index contributed by atoms with van der Waals surface area (Å²) in [6, 6.07) is 15.0. The number of nitrogens with zero attached hydrogens (tertiary/aromatic N) is 5. The molecule has 2 aromatic heterocycles. The van der Waals surface area contributed by atoms with Gasteiger partial charge in [0.05, 0.1) is 4.90 Å². The van der Waals surface area contributed by atoms with Crippen LogP contribution in [0.5, 0.6) is 0 Å². The van der Waals surface area contributed by atoms with E-state index in [2.05, 4.69) is 20.2 Å². The Labute approximate surface area is 204 Å². The molecule has 0 radical (unpaired) electrons. The van der Waals surface area contributed by atoms with E-state index in [4.69, 9.17) is 0 Å². The molecule has 0 saturated carbocycles. The zero-order valence-electron chi connectivity index (χ0n) is 20.1. The molecule has 9 heteroatoms. The molecule has 0 bridgehead atoms. The average molecular weight is 494 g/mol. The molecule has 34 heavy (non-hydrogen) atoms. The zero-order valence-corrected chi connectivity index (χ0v) is 21.7. The van der Waals surface area contributed by atoms with Gasteiger partial charge in [-0.25, -0.2) is 18.4 Å². The van der Waals surface area contributed by atoms with Crippen LogP contribution in [-0.4, -0.2) is 46.0 Å². The summed E-state index contributed by atoms with van der Waals surface area (Å²) in [5.41, 5.74) is 3.80. The molecule has 2 heterocycles. The van der Waals surface area contributed by atoms with Gasteiger partial charge >= 0.3 is 0 Å². The van der Waals surface area contributed by atoms with Gasteiger partial charge in [0.25, 0.3) is 0 Å². The molecule has 7 nitrogen and oxygen atoms in total. The highest BCUT2D eigenvalue weighted by molar-refractivity contribution is 7.99. The van der Waals surface area contributed by atoms with Crippen molar-refractivity contribution in [3.63, 3.8) is 0 Å². The Kier molecular flexibility index (Phi) is 6.71. The predicted molar refractivity (Wildman–Crippen MR) is 135 cm³/mol. The lowest BCUT2D eigenvalue weighted by Crippen LogP contribution is -2.33. The van der Waals surface area contributed by atoms with E-state index in [-0.39, 0.29) is 10.9 Å². The summed E-state index contributed by atoms with van der Waals surface area (Å²) in [6.07, 6.45) is 0. The molecule has 0 aliphatic rings. The van der Waals surface area contributed by atoms with E-state index in [0.29, 0.717) is 27.0 Å². The number of aromatic nitrogens is 4. The fraction of sp³-hybridized carbons (Fsp3) is 0.280. The zero-order chi connectivity index (χ0) is 24.6. The smallest absolute Gasteiger partial charge is 0.228 e. The minimum atomic E-state index is -3.65. The van der Waals surface area contributed by atoms with Gasteiger partial charge < -0.3 is 0 Å². The van der Waals surface area contributed by atoms with Crippen molar-refractivity contribution in [2.24, 2.45) is 0 Å². The Morgan fingerprint density at radius 1 is 0.882 bits per heavy atom. The van der Waals surface area contributed by atoms with Gasteiger partial charge in [0.15, 0.2) is 5.16 Å². The van der Waals surface area contributed by atoms with Crippen LogP contribution in [-0.2, 0) is 10.0 Å². The Morgan fingerprint density at radius 2 is 1.53 bits per heavy atom. The van der Waals surface area contributed by atoms with Gasteiger partial charge in [-0.3, -0.25) is 0 Å². The largest absolute Gasteiger partial charge is 0.243 e. The van der Waals surface area contributed by atoms with Gasteiger partial charge in [0.2, 0.25) is 10.0 Å². The maximum absolute atomic E-state index is 13.2. The maximum Gasteiger partial charge on any atom is 0.243 e. The van der Waals surface area contributed by atoms with E-state index in [0.717, 1.165) is 22.2 Å². The molecule has 4 aromatic rings. The second-order valence-corrected chi connectivity index (χ2v) is 11.5. The summed E-state index contributed by atoms with van der Waals surface area (Å²) in [7, 11) is -2.05.